The quantitative estimate of drug-likeness (QED) is 0.238. The number of rotatable bonds is 9. The summed E-state index contributed by atoms with van der Waals surface area (Å²) in [6.07, 6.45) is 35.9. The molecule has 178 valence electrons. The van der Waals surface area contributed by atoms with E-state index in [1.54, 1.807) is 51.4 Å². The molecule has 0 amide bonds. The van der Waals surface area contributed by atoms with Crippen LogP contribution >= 0.6 is 15.8 Å². The van der Waals surface area contributed by atoms with Crippen molar-refractivity contribution in [3.63, 3.8) is 0 Å². The van der Waals surface area contributed by atoms with Crippen LogP contribution in [0.2, 0.25) is 0 Å². The average molecular weight is 464 g/mol. The molecule has 0 atom stereocenters. The van der Waals surface area contributed by atoms with Crippen molar-refractivity contribution in [1.82, 2.24) is 0 Å². The lowest BCUT2D eigenvalue weighted by Crippen LogP contribution is -2.23. The summed E-state index contributed by atoms with van der Waals surface area (Å²) in [6, 6.07) is 0. The SMILES string of the molecule is C(CP(C1CCCCC1)C1CCCCC1)=NCCP(C1CCCCC1)C1CCCCC1. The summed E-state index contributed by atoms with van der Waals surface area (Å²) in [6.45, 7) is 1.16. The van der Waals surface area contributed by atoms with E-state index < -0.39 is 0 Å². The summed E-state index contributed by atoms with van der Waals surface area (Å²) in [5.41, 5.74) is 4.37. The molecule has 0 N–H and O–H groups in total. The second kappa shape index (κ2) is 14.1. The van der Waals surface area contributed by atoms with Crippen LogP contribution in [0.5, 0.6) is 0 Å². The van der Waals surface area contributed by atoms with Gasteiger partial charge in [-0.25, -0.2) is 0 Å². The fourth-order valence-electron chi connectivity index (χ4n) is 7.33. The molecule has 0 spiro atoms. The van der Waals surface area contributed by atoms with Crippen LogP contribution in [0.15, 0.2) is 4.99 Å². The lowest BCUT2D eigenvalue weighted by atomic mass is 9.99. The molecule has 0 unspecified atom stereocenters. The van der Waals surface area contributed by atoms with E-state index in [0.717, 1.165) is 29.2 Å². The largest absolute Gasteiger partial charge is 0.297 e. The molecule has 4 aliphatic carbocycles. The minimum atomic E-state index is 0.203. The first-order valence-electron chi connectivity index (χ1n) is 14.4. The molecule has 0 aliphatic heterocycles. The lowest BCUT2D eigenvalue weighted by molar-refractivity contribution is 0.484. The monoisotopic (exact) mass is 463 g/mol. The Hall–Kier alpha value is 0.530. The molecular weight excluding hydrogens is 412 g/mol. The summed E-state index contributed by atoms with van der Waals surface area (Å²) in [7, 11) is 0.441. The van der Waals surface area contributed by atoms with E-state index in [4.69, 9.17) is 4.99 Å². The molecule has 1 nitrogen and oxygen atoms in total. The number of aliphatic imine (C=N–C) groups is 1. The smallest absolute Gasteiger partial charge is 0.0424 e. The summed E-state index contributed by atoms with van der Waals surface area (Å²) in [4.78, 5) is 5.14. The van der Waals surface area contributed by atoms with Crippen LogP contribution in [0, 0.1) is 0 Å². The summed E-state index contributed by atoms with van der Waals surface area (Å²) < 4.78 is 0. The predicted octanol–water partition coefficient (Wildman–Crippen LogP) is 9.35. The zero-order chi connectivity index (χ0) is 21.1. The number of hydrogen-bond acceptors (Lipinski definition) is 1. The Morgan fingerprint density at radius 2 is 0.839 bits per heavy atom. The first kappa shape index (κ1) is 24.6. The van der Waals surface area contributed by atoms with Crippen LogP contribution in [0.4, 0.5) is 0 Å². The van der Waals surface area contributed by atoms with Crippen LogP contribution < -0.4 is 0 Å². The number of hydrogen-bond donors (Lipinski definition) is 0. The maximum Gasteiger partial charge on any atom is 0.0424 e. The first-order valence-corrected chi connectivity index (χ1v) is 17.7. The Labute approximate surface area is 196 Å². The first-order chi connectivity index (χ1) is 15.4. The van der Waals surface area contributed by atoms with E-state index in [2.05, 4.69) is 6.21 Å². The van der Waals surface area contributed by atoms with Gasteiger partial charge in [0.2, 0.25) is 0 Å². The highest BCUT2D eigenvalue weighted by Gasteiger charge is 2.31. The molecule has 4 saturated carbocycles. The van der Waals surface area contributed by atoms with Gasteiger partial charge in [-0.05, 0) is 80.2 Å². The molecule has 0 heterocycles. The Bertz CT molecular complexity index is 461. The Morgan fingerprint density at radius 3 is 1.23 bits per heavy atom. The van der Waals surface area contributed by atoms with E-state index in [1.807, 2.05) is 0 Å². The molecule has 0 aromatic heterocycles. The third-order valence-corrected chi connectivity index (χ3v) is 16.2. The fraction of sp³-hybridized carbons (Fsp3) is 0.964. The predicted molar refractivity (Wildman–Crippen MR) is 144 cm³/mol. The molecule has 31 heavy (non-hydrogen) atoms. The van der Waals surface area contributed by atoms with E-state index in [9.17, 15) is 0 Å². The maximum atomic E-state index is 5.14. The van der Waals surface area contributed by atoms with Crippen molar-refractivity contribution in [3.8, 4) is 0 Å². The third-order valence-electron chi connectivity index (χ3n) is 9.08. The fourth-order valence-corrected chi connectivity index (χ4v) is 14.6. The van der Waals surface area contributed by atoms with Crippen molar-refractivity contribution in [2.24, 2.45) is 4.99 Å². The summed E-state index contributed by atoms with van der Waals surface area (Å²) in [5, 5.41) is 0. The van der Waals surface area contributed by atoms with Crippen LogP contribution in [-0.2, 0) is 0 Å². The standard InChI is InChI=1S/C28H51NP2/c1-5-13-25(14-6-1)30(26-15-7-2-8-16-26)23-21-29-22-24-31(27-17-9-3-10-18-27)28-19-11-4-12-20-28/h21,25-28H,1-20,22-24H2. The van der Waals surface area contributed by atoms with Gasteiger partial charge in [0, 0.05) is 18.9 Å². The topological polar surface area (TPSA) is 12.4 Å². The van der Waals surface area contributed by atoms with Gasteiger partial charge < -0.3 is 0 Å². The maximum absolute atomic E-state index is 5.14. The van der Waals surface area contributed by atoms with Crippen molar-refractivity contribution >= 4 is 22.1 Å². The lowest BCUT2D eigenvalue weighted by Gasteiger charge is -2.38. The van der Waals surface area contributed by atoms with Crippen LogP contribution in [0.25, 0.3) is 0 Å². The highest BCUT2D eigenvalue weighted by Crippen LogP contribution is 2.56. The van der Waals surface area contributed by atoms with Gasteiger partial charge in [-0.1, -0.05) is 92.9 Å². The van der Waals surface area contributed by atoms with E-state index in [1.165, 1.54) is 89.4 Å². The van der Waals surface area contributed by atoms with Gasteiger partial charge in [0.25, 0.3) is 0 Å². The van der Waals surface area contributed by atoms with Crippen LogP contribution in [0.3, 0.4) is 0 Å². The van der Waals surface area contributed by atoms with Gasteiger partial charge >= 0.3 is 0 Å². The molecule has 3 heteroatoms. The molecule has 4 aliphatic rings. The Morgan fingerprint density at radius 1 is 0.484 bits per heavy atom. The highest BCUT2D eigenvalue weighted by atomic mass is 31.1. The summed E-state index contributed by atoms with van der Waals surface area (Å²) in [5.74, 6) is 0. The third kappa shape index (κ3) is 7.78. The molecule has 0 radical (unpaired) electrons. The zero-order valence-electron chi connectivity index (χ0n) is 20.5. The van der Waals surface area contributed by atoms with Crippen molar-refractivity contribution in [2.45, 2.75) is 151 Å². The second-order valence-corrected chi connectivity index (χ2v) is 17.0. The van der Waals surface area contributed by atoms with E-state index >= 15 is 0 Å². The highest BCUT2D eigenvalue weighted by molar-refractivity contribution is 7.60. The minimum absolute atomic E-state index is 0.203. The molecule has 0 bridgehead atoms. The Kier molecular flexibility index (Phi) is 11.2. The van der Waals surface area contributed by atoms with Crippen LogP contribution in [-0.4, -0.2) is 47.7 Å². The summed E-state index contributed by atoms with van der Waals surface area (Å²) >= 11 is 0. The van der Waals surface area contributed by atoms with Gasteiger partial charge in [0.15, 0.2) is 0 Å². The number of nitrogens with zero attached hydrogens (tertiary/aromatic N) is 1. The van der Waals surface area contributed by atoms with Crippen molar-refractivity contribution in [3.05, 3.63) is 0 Å². The molecule has 4 rings (SSSR count). The van der Waals surface area contributed by atoms with Gasteiger partial charge in [-0.3, -0.25) is 4.99 Å². The molecule has 0 saturated heterocycles. The van der Waals surface area contributed by atoms with Gasteiger partial charge in [0.05, 0.1) is 0 Å². The molecule has 0 aromatic rings. The zero-order valence-corrected chi connectivity index (χ0v) is 22.3. The van der Waals surface area contributed by atoms with Crippen molar-refractivity contribution < 1.29 is 0 Å². The van der Waals surface area contributed by atoms with Gasteiger partial charge in [-0.2, -0.15) is 0 Å². The van der Waals surface area contributed by atoms with E-state index in [-0.39, 0.29) is 15.8 Å². The Balaban J connectivity index is 1.29. The second-order valence-electron chi connectivity index (χ2n) is 11.2. The molecular formula is C28H51NP2. The average Bonchev–Trinajstić information content (AvgIpc) is 2.86. The van der Waals surface area contributed by atoms with E-state index in [0.29, 0.717) is 0 Å². The molecule has 4 fully saturated rings. The minimum Gasteiger partial charge on any atom is -0.297 e. The van der Waals surface area contributed by atoms with Gasteiger partial charge in [-0.15, -0.1) is 0 Å². The van der Waals surface area contributed by atoms with Gasteiger partial charge in [0.1, 0.15) is 0 Å². The molecule has 0 aromatic carbocycles. The van der Waals surface area contributed by atoms with Crippen LogP contribution in [0.1, 0.15) is 128 Å². The van der Waals surface area contributed by atoms with Crippen molar-refractivity contribution in [1.29, 1.82) is 0 Å². The van der Waals surface area contributed by atoms with Crippen molar-refractivity contribution in [2.75, 3.05) is 18.9 Å². The normalized spacial score (nSPS) is 26.4.